The summed E-state index contributed by atoms with van der Waals surface area (Å²) in [6.45, 7) is 0. The van der Waals surface area contributed by atoms with Crippen molar-refractivity contribution in [2.45, 2.75) is 0 Å². The molecule has 1 amide bonds. The van der Waals surface area contributed by atoms with Gasteiger partial charge in [0, 0.05) is 22.2 Å². The molecular formula is C21H15N3O2S. The molecule has 0 aliphatic rings. The zero-order chi connectivity index (χ0) is 18.6. The van der Waals surface area contributed by atoms with Crippen LogP contribution in [0.3, 0.4) is 0 Å². The van der Waals surface area contributed by atoms with Gasteiger partial charge in [-0.15, -0.1) is 11.3 Å². The largest absolute Gasteiger partial charge is 0.321 e. The van der Waals surface area contributed by atoms with E-state index in [1.807, 2.05) is 66.7 Å². The predicted molar refractivity (Wildman–Crippen MR) is 108 cm³/mol. The molecule has 0 atom stereocenters. The van der Waals surface area contributed by atoms with Crippen LogP contribution in [0.2, 0.25) is 0 Å². The van der Waals surface area contributed by atoms with E-state index in [9.17, 15) is 9.59 Å². The van der Waals surface area contributed by atoms with Crippen molar-refractivity contribution in [2.24, 2.45) is 0 Å². The van der Waals surface area contributed by atoms with Gasteiger partial charge >= 0.3 is 0 Å². The van der Waals surface area contributed by atoms with Gasteiger partial charge in [-0.2, -0.15) is 5.10 Å². The van der Waals surface area contributed by atoms with Crippen molar-refractivity contribution in [2.75, 3.05) is 5.32 Å². The van der Waals surface area contributed by atoms with E-state index in [4.69, 9.17) is 0 Å². The molecule has 0 saturated carbocycles. The molecule has 2 aromatic carbocycles. The molecule has 0 aliphatic carbocycles. The van der Waals surface area contributed by atoms with E-state index in [2.05, 4.69) is 15.5 Å². The Labute approximate surface area is 159 Å². The molecule has 2 N–H and O–H groups in total. The van der Waals surface area contributed by atoms with Crippen molar-refractivity contribution in [3.8, 4) is 21.7 Å². The highest BCUT2D eigenvalue weighted by Gasteiger charge is 2.11. The average Bonchev–Trinajstić information content (AvgIpc) is 3.20. The maximum atomic E-state index is 12.6. The van der Waals surface area contributed by atoms with Crippen LogP contribution < -0.4 is 10.9 Å². The average molecular weight is 373 g/mol. The molecule has 0 aliphatic heterocycles. The zero-order valence-corrected chi connectivity index (χ0v) is 15.0. The molecule has 5 nitrogen and oxygen atoms in total. The van der Waals surface area contributed by atoms with Gasteiger partial charge < -0.3 is 5.32 Å². The first kappa shape index (κ1) is 16.9. The zero-order valence-electron chi connectivity index (χ0n) is 14.2. The number of hydrogen-bond donors (Lipinski definition) is 2. The number of carbonyl (C=O) groups excluding carboxylic acids is 1. The Morgan fingerprint density at radius 1 is 0.889 bits per heavy atom. The summed E-state index contributed by atoms with van der Waals surface area (Å²) >= 11 is 1.45. The van der Waals surface area contributed by atoms with E-state index >= 15 is 0 Å². The first-order valence-electron chi connectivity index (χ1n) is 8.32. The fraction of sp³-hybridized carbons (Fsp3) is 0. The van der Waals surface area contributed by atoms with Gasteiger partial charge in [0.05, 0.1) is 10.6 Å². The van der Waals surface area contributed by atoms with E-state index in [0.717, 1.165) is 16.0 Å². The molecule has 0 spiro atoms. The summed E-state index contributed by atoms with van der Waals surface area (Å²) in [6, 6.07) is 24.2. The van der Waals surface area contributed by atoms with Crippen LogP contribution in [-0.2, 0) is 0 Å². The summed E-state index contributed by atoms with van der Waals surface area (Å²) in [5, 5.41) is 9.34. The summed E-state index contributed by atoms with van der Waals surface area (Å²) in [5.74, 6) is -0.159. The van der Waals surface area contributed by atoms with E-state index in [0.29, 0.717) is 16.3 Å². The van der Waals surface area contributed by atoms with Crippen LogP contribution in [0.1, 0.15) is 9.67 Å². The lowest BCUT2D eigenvalue weighted by molar-refractivity contribution is 0.103. The summed E-state index contributed by atoms with van der Waals surface area (Å²) in [4.78, 5) is 25.4. The van der Waals surface area contributed by atoms with Crippen LogP contribution in [0.25, 0.3) is 21.7 Å². The number of hydrogen-bond acceptors (Lipinski definition) is 4. The molecule has 2 heterocycles. The summed E-state index contributed by atoms with van der Waals surface area (Å²) in [6.07, 6.45) is 0. The van der Waals surface area contributed by atoms with Crippen molar-refractivity contribution in [1.82, 2.24) is 10.2 Å². The molecular weight excluding hydrogens is 358 g/mol. The van der Waals surface area contributed by atoms with Gasteiger partial charge in [-0.3, -0.25) is 9.59 Å². The number of nitrogens with zero attached hydrogens (tertiary/aromatic N) is 1. The highest BCUT2D eigenvalue weighted by molar-refractivity contribution is 7.17. The summed E-state index contributed by atoms with van der Waals surface area (Å²) < 4.78 is 0. The Bertz CT molecular complexity index is 1130. The van der Waals surface area contributed by atoms with Crippen molar-refractivity contribution in [3.63, 3.8) is 0 Å². The SMILES string of the molecule is O=C(Nc1cccc(-c2ccc(=O)[nH]n2)c1)c1ccc(-c2ccccc2)s1. The molecule has 4 aromatic rings. The molecule has 0 fully saturated rings. The van der Waals surface area contributed by atoms with E-state index in [1.54, 1.807) is 6.07 Å². The minimum atomic E-state index is -0.255. The smallest absolute Gasteiger partial charge is 0.265 e. The molecule has 6 heteroatoms. The highest BCUT2D eigenvalue weighted by Crippen LogP contribution is 2.28. The Kier molecular flexibility index (Phi) is 4.63. The third-order valence-corrected chi connectivity index (χ3v) is 5.12. The van der Waals surface area contributed by atoms with Gasteiger partial charge in [0.1, 0.15) is 0 Å². The lowest BCUT2D eigenvalue weighted by atomic mass is 10.1. The normalized spacial score (nSPS) is 10.5. The maximum Gasteiger partial charge on any atom is 0.265 e. The number of benzene rings is 2. The Balaban J connectivity index is 1.53. The number of rotatable bonds is 4. The van der Waals surface area contributed by atoms with Crippen molar-refractivity contribution in [1.29, 1.82) is 0 Å². The standard InChI is InChI=1S/C21H15N3O2S/c25-20-12-9-17(23-24-20)15-7-4-8-16(13-15)22-21(26)19-11-10-18(27-19)14-5-2-1-3-6-14/h1-13H,(H,22,26)(H,24,25). The lowest BCUT2D eigenvalue weighted by Gasteiger charge is -2.06. The van der Waals surface area contributed by atoms with E-state index < -0.39 is 0 Å². The molecule has 0 saturated heterocycles. The number of anilines is 1. The third-order valence-electron chi connectivity index (χ3n) is 3.98. The van der Waals surface area contributed by atoms with Gasteiger partial charge in [0.25, 0.3) is 11.5 Å². The number of H-pyrrole nitrogens is 1. The maximum absolute atomic E-state index is 12.6. The Morgan fingerprint density at radius 3 is 2.48 bits per heavy atom. The molecule has 0 radical (unpaired) electrons. The number of thiophene rings is 1. The van der Waals surface area contributed by atoms with Crippen LogP contribution in [0, 0.1) is 0 Å². The first-order chi connectivity index (χ1) is 13.2. The molecule has 27 heavy (non-hydrogen) atoms. The Hall–Kier alpha value is -3.51. The fourth-order valence-electron chi connectivity index (χ4n) is 2.67. The first-order valence-corrected chi connectivity index (χ1v) is 9.13. The fourth-order valence-corrected chi connectivity index (χ4v) is 3.58. The second kappa shape index (κ2) is 7.39. The van der Waals surface area contributed by atoms with E-state index in [-0.39, 0.29) is 11.5 Å². The number of carbonyl (C=O) groups is 1. The van der Waals surface area contributed by atoms with Crippen molar-refractivity contribution < 1.29 is 4.79 Å². The number of aromatic amines is 1. The topological polar surface area (TPSA) is 74.8 Å². The third kappa shape index (κ3) is 3.86. The molecule has 0 bridgehead atoms. The summed E-state index contributed by atoms with van der Waals surface area (Å²) in [7, 11) is 0. The van der Waals surface area contributed by atoms with Gasteiger partial charge in [0.2, 0.25) is 0 Å². The van der Waals surface area contributed by atoms with Gasteiger partial charge in [0.15, 0.2) is 0 Å². The van der Waals surface area contributed by atoms with Gasteiger partial charge in [-0.25, -0.2) is 5.10 Å². The molecule has 132 valence electrons. The van der Waals surface area contributed by atoms with Gasteiger partial charge in [-0.05, 0) is 35.9 Å². The predicted octanol–water partition coefficient (Wildman–Crippen LogP) is 4.42. The monoisotopic (exact) mass is 373 g/mol. The minimum absolute atomic E-state index is 0.159. The quantitative estimate of drug-likeness (QED) is 0.556. The number of amides is 1. The number of aromatic nitrogens is 2. The van der Waals surface area contributed by atoms with Crippen LogP contribution in [0.5, 0.6) is 0 Å². The van der Waals surface area contributed by atoms with Gasteiger partial charge in [-0.1, -0.05) is 42.5 Å². The lowest BCUT2D eigenvalue weighted by Crippen LogP contribution is -2.10. The molecule has 4 rings (SSSR count). The highest BCUT2D eigenvalue weighted by atomic mass is 32.1. The van der Waals surface area contributed by atoms with Crippen LogP contribution in [0.4, 0.5) is 5.69 Å². The van der Waals surface area contributed by atoms with Crippen LogP contribution >= 0.6 is 11.3 Å². The summed E-state index contributed by atoms with van der Waals surface area (Å²) in [5.41, 5.74) is 2.94. The second-order valence-electron chi connectivity index (χ2n) is 5.87. The number of nitrogens with one attached hydrogen (secondary N) is 2. The van der Waals surface area contributed by atoms with Crippen molar-refractivity contribution >= 4 is 22.9 Å². The van der Waals surface area contributed by atoms with Crippen LogP contribution in [-0.4, -0.2) is 16.1 Å². The minimum Gasteiger partial charge on any atom is -0.321 e. The van der Waals surface area contributed by atoms with Crippen LogP contribution in [0.15, 0.2) is 83.7 Å². The molecule has 2 aromatic heterocycles. The van der Waals surface area contributed by atoms with Crippen molar-refractivity contribution in [3.05, 3.63) is 94.1 Å². The molecule has 0 unspecified atom stereocenters. The Morgan fingerprint density at radius 2 is 1.70 bits per heavy atom. The van der Waals surface area contributed by atoms with E-state index in [1.165, 1.54) is 17.4 Å². The second-order valence-corrected chi connectivity index (χ2v) is 6.96.